The predicted molar refractivity (Wildman–Crippen MR) is 112 cm³/mol. The van der Waals surface area contributed by atoms with Crippen molar-refractivity contribution in [3.05, 3.63) is 59.4 Å². The van der Waals surface area contributed by atoms with Crippen molar-refractivity contribution in [2.24, 2.45) is 0 Å². The second kappa shape index (κ2) is 7.77. The van der Waals surface area contributed by atoms with Crippen LogP contribution in [-0.2, 0) is 11.3 Å². The predicted octanol–water partition coefficient (Wildman–Crippen LogP) is 4.66. The van der Waals surface area contributed by atoms with Gasteiger partial charge in [0.05, 0.1) is 17.7 Å². The van der Waals surface area contributed by atoms with Crippen LogP contribution in [0.3, 0.4) is 0 Å². The van der Waals surface area contributed by atoms with Gasteiger partial charge in [0.25, 0.3) is 0 Å². The zero-order chi connectivity index (χ0) is 19.7. The molecular weight excluding hydrogens is 370 g/mol. The number of benzene rings is 1. The average molecular weight is 394 g/mol. The first-order valence-electron chi connectivity index (χ1n) is 9.11. The molecule has 0 atom stereocenters. The molecular formula is C21H23N5OS. The molecule has 0 spiro atoms. The molecule has 1 aromatic carbocycles. The van der Waals surface area contributed by atoms with E-state index in [9.17, 15) is 0 Å². The summed E-state index contributed by atoms with van der Waals surface area (Å²) in [4.78, 5) is 16.8. The van der Waals surface area contributed by atoms with Crippen LogP contribution in [0.5, 0.6) is 0 Å². The summed E-state index contributed by atoms with van der Waals surface area (Å²) in [7, 11) is 1.70. The summed E-state index contributed by atoms with van der Waals surface area (Å²) >= 11 is 1.64. The minimum absolute atomic E-state index is 0.428. The molecule has 0 fully saturated rings. The van der Waals surface area contributed by atoms with E-state index in [1.807, 2.05) is 6.33 Å². The Hall–Kier alpha value is -2.64. The average Bonchev–Trinajstić information content (AvgIpc) is 3.01. The Labute approximate surface area is 169 Å². The van der Waals surface area contributed by atoms with Gasteiger partial charge in [-0.2, -0.15) is 0 Å². The van der Waals surface area contributed by atoms with Crippen LogP contribution >= 0.6 is 11.8 Å². The molecule has 6 nitrogen and oxygen atoms in total. The maximum absolute atomic E-state index is 5.44. The molecule has 0 unspecified atom stereocenters. The second-order valence-electron chi connectivity index (χ2n) is 7.00. The van der Waals surface area contributed by atoms with Crippen molar-refractivity contribution in [3.63, 3.8) is 0 Å². The number of aromatic nitrogens is 4. The number of hydrogen-bond donors (Lipinski definition) is 0. The summed E-state index contributed by atoms with van der Waals surface area (Å²) in [5, 5.41) is 0.900. The van der Waals surface area contributed by atoms with E-state index in [-0.39, 0.29) is 0 Å². The zero-order valence-corrected chi connectivity index (χ0v) is 17.3. The third kappa shape index (κ3) is 3.55. The Kier molecular flexibility index (Phi) is 5.19. The molecule has 1 aliphatic heterocycles. The Balaban J connectivity index is 1.67. The number of hydrogen-bond acceptors (Lipinski definition) is 6. The molecule has 0 aliphatic carbocycles. The van der Waals surface area contributed by atoms with E-state index < -0.39 is 0 Å². The molecule has 7 heteroatoms. The highest BCUT2D eigenvalue weighted by atomic mass is 32.2. The quantitative estimate of drug-likeness (QED) is 0.628. The van der Waals surface area contributed by atoms with Gasteiger partial charge in [0.1, 0.15) is 11.8 Å². The van der Waals surface area contributed by atoms with Gasteiger partial charge in [0, 0.05) is 36.6 Å². The summed E-state index contributed by atoms with van der Waals surface area (Å²) in [6, 6.07) is 6.52. The Morgan fingerprint density at radius 2 is 2.00 bits per heavy atom. The molecule has 4 rings (SSSR count). The molecule has 2 aromatic heterocycles. The largest absolute Gasteiger partial charge is 0.364 e. The van der Waals surface area contributed by atoms with Gasteiger partial charge in [-0.15, -0.1) is 0 Å². The van der Waals surface area contributed by atoms with E-state index in [0.717, 1.165) is 33.7 Å². The first-order valence-corrected chi connectivity index (χ1v) is 9.93. The first-order chi connectivity index (χ1) is 13.6. The number of anilines is 2. The van der Waals surface area contributed by atoms with Gasteiger partial charge >= 0.3 is 0 Å². The molecule has 28 heavy (non-hydrogen) atoms. The number of rotatable bonds is 5. The third-order valence-electron chi connectivity index (χ3n) is 4.60. The molecule has 0 bridgehead atoms. The molecule has 3 heterocycles. The normalized spacial score (nSPS) is 12.5. The number of allylic oxidation sites excluding steroid dienone is 1. The van der Waals surface area contributed by atoms with Crippen LogP contribution in [0.15, 0.2) is 52.4 Å². The van der Waals surface area contributed by atoms with Gasteiger partial charge in [0.2, 0.25) is 0 Å². The van der Waals surface area contributed by atoms with Gasteiger partial charge in [-0.3, -0.25) is 4.90 Å². The lowest BCUT2D eigenvalue weighted by atomic mass is 10.1. The lowest BCUT2D eigenvalue weighted by molar-refractivity contribution is 0.204. The van der Waals surface area contributed by atoms with E-state index in [1.54, 1.807) is 31.3 Å². The highest BCUT2D eigenvalue weighted by Crippen LogP contribution is 2.46. The van der Waals surface area contributed by atoms with E-state index in [1.165, 1.54) is 16.8 Å². The van der Waals surface area contributed by atoms with Crippen molar-refractivity contribution >= 4 is 29.3 Å². The lowest BCUT2D eigenvalue weighted by Crippen LogP contribution is -2.24. The maximum Gasteiger partial charge on any atom is 0.168 e. The highest BCUT2D eigenvalue weighted by Gasteiger charge is 2.25. The fourth-order valence-corrected chi connectivity index (χ4v) is 4.23. The van der Waals surface area contributed by atoms with Crippen LogP contribution in [0, 0.1) is 6.92 Å². The fourth-order valence-electron chi connectivity index (χ4n) is 3.24. The minimum atomic E-state index is 0.428. The van der Waals surface area contributed by atoms with E-state index in [0.29, 0.717) is 6.73 Å². The standard InChI is InChI=1S/C21H23N5OS/c1-14(2)9-17-15(3)25(12-24-17)11-16-5-6-19-18(10-16)26(13-27-4)20-21(28-19)23-8-7-22-20/h5-10,12H,11,13H2,1-4H3. The van der Waals surface area contributed by atoms with Crippen LogP contribution in [0.1, 0.15) is 30.8 Å². The number of ether oxygens (including phenoxy) is 1. The summed E-state index contributed by atoms with van der Waals surface area (Å²) in [6.45, 7) is 7.48. The topological polar surface area (TPSA) is 56.1 Å². The van der Waals surface area contributed by atoms with Crippen molar-refractivity contribution in [2.45, 2.75) is 37.2 Å². The zero-order valence-electron chi connectivity index (χ0n) is 16.5. The van der Waals surface area contributed by atoms with Crippen molar-refractivity contribution in [3.8, 4) is 0 Å². The number of imidazole rings is 1. The molecule has 0 saturated carbocycles. The summed E-state index contributed by atoms with van der Waals surface area (Å²) in [5.74, 6) is 0.837. The number of nitrogens with zero attached hydrogens (tertiary/aromatic N) is 5. The lowest BCUT2D eigenvalue weighted by Gasteiger charge is -2.30. The summed E-state index contributed by atoms with van der Waals surface area (Å²) in [5.41, 5.74) is 5.74. The van der Waals surface area contributed by atoms with Crippen LogP contribution in [-0.4, -0.2) is 33.4 Å². The first kappa shape index (κ1) is 18.7. The van der Waals surface area contributed by atoms with Crippen LogP contribution in [0.2, 0.25) is 0 Å². The molecule has 1 aliphatic rings. The van der Waals surface area contributed by atoms with Crippen LogP contribution < -0.4 is 4.90 Å². The molecule has 0 amide bonds. The fraction of sp³-hybridized carbons (Fsp3) is 0.286. The van der Waals surface area contributed by atoms with Crippen molar-refractivity contribution in [1.29, 1.82) is 0 Å². The Bertz CT molecular complexity index is 1040. The molecule has 3 aromatic rings. The molecule has 0 N–H and O–H groups in total. The van der Waals surface area contributed by atoms with Gasteiger partial charge in [-0.1, -0.05) is 23.4 Å². The van der Waals surface area contributed by atoms with Gasteiger partial charge in [-0.25, -0.2) is 15.0 Å². The van der Waals surface area contributed by atoms with Crippen molar-refractivity contribution < 1.29 is 4.74 Å². The number of methoxy groups -OCH3 is 1. The van der Waals surface area contributed by atoms with Gasteiger partial charge in [0.15, 0.2) is 5.82 Å². The summed E-state index contributed by atoms with van der Waals surface area (Å²) < 4.78 is 7.62. The van der Waals surface area contributed by atoms with Crippen molar-refractivity contribution in [1.82, 2.24) is 19.5 Å². The SMILES string of the molecule is COCN1c2cc(Cn3cnc(C=C(C)C)c3C)ccc2Sc2nccnc21. The van der Waals surface area contributed by atoms with Crippen LogP contribution in [0.25, 0.3) is 6.08 Å². The molecule has 0 radical (unpaired) electrons. The Morgan fingerprint density at radius 3 is 2.79 bits per heavy atom. The highest BCUT2D eigenvalue weighted by molar-refractivity contribution is 7.99. The molecule has 0 saturated heterocycles. The van der Waals surface area contributed by atoms with Gasteiger partial charge < -0.3 is 9.30 Å². The third-order valence-corrected chi connectivity index (χ3v) is 5.64. The molecule has 144 valence electrons. The summed E-state index contributed by atoms with van der Waals surface area (Å²) in [6.07, 6.45) is 7.47. The Morgan fingerprint density at radius 1 is 1.18 bits per heavy atom. The smallest absolute Gasteiger partial charge is 0.168 e. The second-order valence-corrected chi connectivity index (χ2v) is 8.03. The van der Waals surface area contributed by atoms with E-state index >= 15 is 0 Å². The van der Waals surface area contributed by atoms with Crippen LogP contribution in [0.4, 0.5) is 11.5 Å². The monoisotopic (exact) mass is 393 g/mol. The number of fused-ring (bicyclic) bond motifs is 2. The maximum atomic E-state index is 5.44. The van der Waals surface area contributed by atoms with E-state index in [2.05, 4.69) is 69.5 Å². The minimum Gasteiger partial charge on any atom is -0.364 e. The van der Waals surface area contributed by atoms with E-state index in [4.69, 9.17) is 4.74 Å². The van der Waals surface area contributed by atoms with Gasteiger partial charge in [-0.05, 0) is 44.5 Å². The van der Waals surface area contributed by atoms with Crippen molar-refractivity contribution in [2.75, 3.05) is 18.7 Å².